The summed E-state index contributed by atoms with van der Waals surface area (Å²) < 4.78 is 0. The van der Waals surface area contributed by atoms with Crippen LogP contribution in [0.2, 0.25) is 0 Å². The van der Waals surface area contributed by atoms with Crippen molar-refractivity contribution in [1.29, 1.82) is 0 Å². The lowest BCUT2D eigenvalue weighted by Gasteiger charge is -2.03. The first-order valence-corrected chi connectivity index (χ1v) is 5.52. The maximum atomic E-state index is 4.34. The molecule has 0 fully saturated rings. The van der Waals surface area contributed by atoms with Gasteiger partial charge < -0.3 is 0 Å². The Kier molecular flexibility index (Phi) is 3.12. The molecule has 0 bridgehead atoms. The first-order valence-electron chi connectivity index (χ1n) is 5.07. The van der Waals surface area contributed by atoms with E-state index < -0.39 is 0 Å². The van der Waals surface area contributed by atoms with Gasteiger partial charge in [-0.1, -0.05) is 42.0 Å². The minimum atomic E-state index is 0.981. The maximum absolute atomic E-state index is 4.34. The predicted octanol–water partition coefficient (Wildman–Crippen LogP) is 3.87. The predicted molar refractivity (Wildman–Crippen MR) is 67.7 cm³/mol. The SMILES string of the molecule is Cc1ccc(Cc2cccc(S)c2)cc1. The third-order valence-electron chi connectivity index (χ3n) is 2.44. The molecular weight excluding hydrogens is 200 g/mol. The van der Waals surface area contributed by atoms with Crippen molar-refractivity contribution in [2.24, 2.45) is 0 Å². The van der Waals surface area contributed by atoms with Crippen LogP contribution in [0.5, 0.6) is 0 Å². The zero-order valence-corrected chi connectivity index (χ0v) is 9.67. The van der Waals surface area contributed by atoms with Crippen LogP contribution in [0.15, 0.2) is 53.4 Å². The highest BCUT2D eigenvalue weighted by Crippen LogP contribution is 2.14. The van der Waals surface area contributed by atoms with Gasteiger partial charge in [-0.15, -0.1) is 12.6 Å². The fraction of sp³-hybridized carbons (Fsp3) is 0.143. The molecule has 0 amide bonds. The Bertz CT molecular complexity index is 443. The molecule has 0 aliphatic heterocycles. The van der Waals surface area contributed by atoms with E-state index in [1.807, 2.05) is 12.1 Å². The van der Waals surface area contributed by atoms with E-state index in [1.54, 1.807) is 0 Å². The third-order valence-corrected chi connectivity index (χ3v) is 2.72. The van der Waals surface area contributed by atoms with Crippen molar-refractivity contribution < 1.29 is 0 Å². The second-order valence-corrected chi connectivity index (χ2v) is 4.35. The van der Waals surface area contributed by atoms with Crippen LogP contribution in [0, 0.1) is 6.92 Å². The molecule has 0 nitrogen and oxygen atoms in total. The number of rotatable bonds is 2. The lowest BCUT2D eigenvalue weighted by atomic mass is 10.0. The van der Waals surface area contributed by atoms with Crippen molar-refractivity contribution in [1.82, 2.24) is 0 Å². The Morgan fingerprint density at radius 1 is 0.933 bits per heavy atom. The molecule has 0 aromatic heterocycles. The monoisotopic (exact) mass is 214 g/mol. The molecule has 2 rings (SSSR count). The largest absolute Gasteiger partial charge is 0.143 e. The Hall–Kier alpha value is -1.21. The van der Waals surface area contributed by atoms with Crippen molar-refractivity contribution in [3.8, 4) is 0 Å². The van der Waals surface area contributed by atoms with E-state index in [2.05, 4.69) is 56.0 Å². The lowest BCUT2D eigenvalue weighted by Crippen LogP contribution is -1.87. The number of hydrogen-bond donors (Lipinski definition) is 1. The molecule has 0 saturated carbocycles. The average Bonchev–Trinajstić information content (AvgIpc) is 2.22. The summed E-state index contributed by atoms with van der Waals surface area (Å²) >= 11 is 4.34. The van der Waals surface area contributed by atoms with E-state index in [0.717, 1.165) is 11.3 Å². The number of hydrogen-bond acceptors (Lipinski definition) is 1. The smallest absolute Gasteiger partial charge is 0.00428 e. The highest BCUT2D eigenvalue weighted by Gasteiger charge is 1.96. The molecule has 76 valence electrons. The molecule has 0 saturated heterocycles. The Balaban J connectivity index is 2.18. The summed E-state index contributed by atoms with van der Waals surface area (Å²) in [5.41, 5.74) is 3.97. The molecule has 15 heavy (non-hydrogen) atoms. The van der Waals surface area contributed by atoms with E-state index in [4.69, 9.17) is 0 Å². The van der Waals surface area contributed by atoms with Crippen molar-refractivity contribution in [3.63, 3.8) is 0 Å². The van der Waals surface area contributed by atoms with Crippen LogP contribution in [-0.2, 0) is 6.42 Å². The van der Waals surface area contributed by atoms with Gasteiger partial charge in [0.1, 0.15) is 0 Å². The first-order chi connectivity index (χ1) is 7.24. The van der Waals surface area contributed by atoms with Gasteiger partial charge in [0.2, 0.25) is 0 Å². The van der Waals surface area contributed by atoms with Crippen LogP contribution in [0.1, 0.15) is 16.7 Å². The van der Waals surface area contributed by atoms with E-state index in [-0.39, 0.29) is 0 Å². The summed E-state index contributed by atoms with van der Waals surface area (Å²) in [4.78, 5) is 1.03. The third kappa shape index (κ3) is 2.87. The summed E-state index contributed by atoms with van der Waals surface area (Å²) in [6.45, 7) is 2.11. The minimum Gasteiger partial charge on any atom is -0.143 e. The van der Waals surface area contributed by atoms with Crippen molar-refractivity contribution in [2.75, 3.05) is 0 Å². The minimum absolute atomic E-state index is 0.981. The van der Waals surface area contributed by atoms with Crippen LogP contribution >= 0.6 is 12.6 Å². The van der Waals surface area contributed by atoms with Crippen LogP contribution in [-0.4, -0.2) is 0 Å². The molecule has 0 aliphatic carbocycles. The van der Waals surface area contributed by atoms with Gasteiger partial charge in [0.05, 0.1) is 0 Å². The molecule has 0 aliphatic rings. The summed E-state index contributed by atoms with van der Waals surface area (Å²) in [7, 11) is 0. The second-order valence-electron chi connectivity index (χ2n) is 3.83. The molecule has 1 heteroatoms. The van der Waals surface area contributed by atoms with Crippen LogP contribution < -0.4 is 0 Å². The molecule has 0 radical (unpaired) electrons. The van der Waals surface area contributed by atoms with Gasteiger partial charge in [-0.3, -0.25) is 0 Å². The molecule has 0 unspecified atom stereocenters. The number of thiol groups is 1. The topological polar surface area (TPSA) is 0 Å². The molecule has 2 aromatic rings. The van der Waals surface area contributed by atoms with Gasteiger partial charge in [0, 0.05) is 4.90 Å². The molecule has 0 N–H and O–H groups in total. The van der Waals surface area contributed by atoms with E-state index in [0.29, 0.717) is 0 Å². The summed E-state index contributed by atoms with van der Waals surface area (Å²) in [5, 5.41) is 0. The van der Waals surface area contributed by atoms with Gasteiger partial charge in [-0.2, -0.15) is 0 Å². The Labute approximate surface area is 96.4 Å². The molecular formula is C14H14S. The zero-order chi connectivity index (χ0) is 10.7. The normalized spacial score (nSPS) is 10.3. The standard InChI is InChI=1S/C14H14S/c1-11-5-7-12(8-6-11)9-13-3-2-4-14(15)10-13/h2-8,10,15H,9H2,1H3. The van der Waals surface area contributed by atoms with Gasteiger partial charge >= 0.3 is 0 Å². The van der Waals surface area contributed by atoms with Crippen molar-refractivity contribution in [3.05, 3.63) is 65.2 Å². The summed E-state index contributed by atoms with van der Waals surface area (Å²) in [5.74, 6) is 0. The Morgan fingerprint density at radius 3 is 2.33 bits per heavy atom. The summed E-state index contributed by atoms with van der Waals surface area (Å²) in [6, 6.07) is 17.0. The lowest BCUT2D eigenvalue weighted by molar-refractivity contribution is 1.17. The highest BCUT2D eigenvalue weighted by atomic mass is 32.1. The van der Waals surface area contributed by atoms with Gasteiger partial charge in [0.15, 0.2) is 0 Å². The maximum Gasteiger partial charge on any atom is 0.00428 e. The van der Waals surface area contributed by atoms with E-state index in [9.17, 15) is 0 Å². The fourth-order valence-corrected chi connectivity index (χ4v) is 1.86. The molecule has 0 heterocycles. The molecule has 0 spiro atoms. The van der Waals surface area contributed by atoms with E-state index in [1.165, 1.54) is 16.7 Å². The van der Waals surface area contributed by atoms with Gasteiger partial charge in [-0.25, -0.2) is 0 Å². The molecule has 0 atom stereocenters. The van der Waals surface area contributed by atoms with Crippen LogP contribution in [0.4, 0.5) is 0 Å². The van der Waals surface area contributed by atoms with Crippen molar-refractivity contribution in [2.45, 2.75) is 18.2 Å². The molecule has 2 aromatic carbocycles. The zero-order valence-electron chi connectivity index (χ0n) is 8.77. The number of benzene rings is 2. The Morgan fingerprint density at radius 2 is 1.67 bits per heavy atom. The number of aryl methyl sites for hydroxylation is 1. The van der Waals surface area contributed by atoms with Gasteiger partial charge in [-0.05, 0) is 36.6 Å². The van der Waals surface area contributed by atoms with E-state index >= 15 is 0 Å². The average molecular weight is 214 g/mol. The quantitative estimate of drug-likeness (QED) is 0.721. The van der Waals surface area contributed by atoms with Crippen LogP contribution in [0.25, 0.3) is 0 Å². The fourth-order valence-electron chi connectivity index (χ4n) is 1.61. The second kappa shape index (κ2) is 4.54. The highest BCUT2D eigenvalue weighted by molar-refractivity contribution is 7.80. The summed E-state index contributed by atoms with van der Waals surface area (Å²) in [6.07, 6.45) is 0.981. The first kappa shape index (κ1) is 10.3. The van der Waals surface area contributed by atoms with Crippen LogP contribution in [0.3, 0.4) is 0 Å². The van der Waals surface area contributed by atoms with Gasteiger partial charge in [0.25, 0.3) is 0 Å². The van der Waals surface area contributed by atoms with Crippen molar-refractivity contribution >= 4 is 12.6 Å².